The van der Waals surface area contributed by atoms with Crippen LogP contribution in [-0.4, -0.2) is 57.9 Å². The molecule has 0 unspecified atom stereocenters. The van der Waals surface area contributed by atoms with Crippen LogP contribution in [0.25, 0.3) is 0 Å². The van der Waals surface area contributed by atoms with Crippen LogP contribution in [0.15, 0.2) is 20.1 Å². The lowest BCUT2D eigenvalue weighted by Gasteiger charge is -2.30. The Kier molecular flexibility index (Phi) is 6.00. The van der Waals surface area contributed by atoms with Gasteiger partial charge in [-0.15, -0.1) is 17.8 Å². The van der Waals surface area contributed by atoms with Crippen molar-refractivity contribution in [2.24, 2.45) is 0 Å². The average molecular weight is 407 g/mol. The van der Waals surface area contributed by atoms with Gasteiger partial charge in [0.1, 0.15) is 4.21 Å². The van der Waals surface area contributed by atoms with Gasteiger partial charge in [-0.2, -0.15) is 4.31 Å². The van der Waals surface area contributed by atoms with Gasteiger partial charge in [-0.3, -0.25) is 4.79 Å². The molecule has 1 amide bonds. The van der Waals surface area contributed by atoms with Crippen LogP contribution < -0.4 is 10.2 Å². The molecule has 2 rings (SSSR count). The second kappa shape index (κ2) is 7.57. The number of terminal acetylenes is 1. The van der Waals surface area contributed by atoms with Gasteiger partial charge in [-0.05, 0) is 28.1 Å². The molecule has 1 fully saturated rings. The molecular formula is C13H17BrN3O3S2+. The number of nitrogens with one attached hydrogen (secondary N) is 2. The third-order valence-corrected chi connectivity index (χ3v) is 7.36. The minimum Gasteiger partial charge on any atom is -0.340 e. The molecule has 1 aliphatic rings. The molecule has 0 bridgehead atoms. The van der Waals surface area contributed by atoms with Crippen LogP contribution in [-0.2, 0) is 14.8 Å². The highest BCUT2D eigenvalue weighted by molar-refractivity contribution is 9.11. The number of rotatable bonds is 5. The lowest BCUT2D eigenvalue weighted by Crippen LogP contribution is -3.15. The van der Waals surface area contributed by atoms with Crippen LogP contribution in [0.4, 0.5) is 0 Å². The van der Waals surface area contributed by atoms with Crippen molar-refractivity contribution in [3.8, 4) is 12.3 Å². The summed E-state index contributed by atoms with van der Waals surface area (Å²) in [5.74, 6) is 2.25. The van der Waals surface area contributed by atoms with E-state index in [1.54, 1.807) is 12.1 Å². The summed E-state index contributed by atoms with van der Waals surface area (Å²) in [5.41, 5.74) is 0. The molecule has 0 aromatic carbocycles. The molecule has 1 aromatic heterocycles. The number of nitrogens with zero attached hydrogens (tertiary/aromatic N) is 1. The zero-order chi connectivity index (χ0) is 16.2. The first-order chi connectivity index (χ1) is 10.4. The van der Waals surface area contributed by atoms with E-state index in [9.17, 15) is 13.2 Å². The summed E-state index contributed by atoms with van der Waals surface area (Å²) in [6, 6.07) is 3.34. The monoisotopic (exact) mass is 406 g/mol. The average Bonchev–Trinajstić information content (AvgIpc) is 2.93. The molecule has 22 heavy (non-hydrogen) atoms. The first-order valence-electron chi connectivity index (χ1n) is 6.72. The van der Waals surface area contributed by atoms with E-state index in [1.165, 1.54) is 15.6 Å². The number of carbonyl (C=O) groups is 1. The van der Waals surface area contributed by atoms with Crippen LogP contribution >= 0.6 is 27.3 Å². The summed E-state index contributed by atoms with van der Waals surface area (Å²) in [6.45, 7) is 2.58. The Labute approximate surface area is 142 Å². The Morgan fingerprint density at radius 1 is 1.45 bits per heavy atom. The van der Waals surface area contributed by atoms with Gasteiger partial charge in [0.25, 0.3) is 15.9 Å². The minimum absolute atomic E-state index is 0.105. The van der Waals surface area contributed by atoms with Crippen molar-refractivity contribution < 1.29 is 18.1 Å². The number of quaternary nitrogens is 1. The van der Waals surface area contributed by atoms with Crippen LogP contribution in [0, 0.1) is 12.3 Å². The first-order valence-corrected chi connectivity index (χ1v) is 9.77. The molecule has 0 saturated carbocycles. The molecule has 0 radical (unpaired) electrons. The lowest BCUT2D eigenvalue weighted by molar-refractivity contribution is -0.895. The van der Waals surface area contributed by atoms with Crippen molar-refractivity contribution in [2.45, 2.75) is 4.21 Å². The van der Waals surface area contributed by atoms with E-state index < -0.39 is 10.0 Å². The highest BCUT2D eigenvalue weighted by atomic mass is 79.9. The van der Waals surface area contributed by atoms with Crippen molar-refractivity contribution >= 4 is 43.2 Å². The van der Waals surface area contributed by atoms with Crippen LogP contribution in [0.1, 0.15) is 0 Å². The molecule has 2 heterocycles. The number of hydrogen-bond acceptors (Lipinski definition) is 4. The number of thiophene rings is 1. The highest BCUT2D eigenvalue weighted by Crippen LogP contribution is 2.28. The normalized spacial score (nSPS) is 17.1. The number of hydrogen-bond donors (Lipinski definition) is 2. The predicted octanol–water partition coefficient (Wildman–Crippen LogP) is -0.851. The highest BCUT2D eigenvalue weighted by Gasteiger charge is 2.31. The van der Waals surface area contributed by atoms with E-state index in [0.29, 0.717) is 36.9 Å². The SMILES string of the molecule is C#CCNC(=O)C[NH+]1CCN(S(=O)(=O)c2ccc(Br)s2)CC1. The van der Waals surface area contributed by atoms with Crippen LogP contribution in [0.5, 0.6) is 0 Å². The lowest BCUT2D eigenvalue weighted by atomic mass is 10.3. The van der Waals surface area contributed by atoms with Crippen molar-refractivity contribution in [3.05, 3.63) is 15.9 Å². The molecule has 0 aliphatic carbocycles. The third-order valence-electron chi connectivity index (χ3n) is 3.37. The Bertz CT molecular complexity index is 673. The third kappa shape index (κ3) is 4.30. The van der Waals surface area contributed by atoms with Gasteiger partial charge in [0.15, 0.2) is 6.54 Å². The molecule has 1 aliphatic heterocycles. The van der Waals surface area contributed by atoms with Crippen molar-refractivity contribution in [3.63, 3.8) is 0 Å². The number of amides is 1. The first kappa shape index (κ1) is 17.4. The number of sulfonamides is 1. The molecule has 1 saturated heterocycles. The van der Waals surface area contributed by atoms with E-state index >= 15 is 0 Å². The summed E-state index contributed by atoms with van der Waals surface area (Å²) < 4.78 is 27.6. The summed E-state index contributed by atoms with van der Waals surface area (Å²) in [6.07, 6.45) is 5.09. The van der Waals surface area contributed by atoms with Gasteiger partial charge >= 0.3 is 0 Å². The van der Waals surface area contributed by atoms with Gasteiger partial charge < -0.3 is 10.2 Å². The fourth-order valence-electron chi connectivity index (χ4n) is 2.22. The van der Waals surface area contributed by atoms with Crippen molar-refractivity contribution in [1.82, 2.24) is 9.62 Å². The number of piperazine rings is 1. The van der Waals surface area contributed by atoms with Gasteiger partial charge in [0.2, 0.25) is 0 Å². The van der Waals surface area contributed by atoms with E-state index in [-0.39, 0.29) is 12.5 Å². The summed E-state index contributed by atoms with van der Waals surface area (Å²) in [7, 11) is -3.43. The molecule has 2 N–H and O–H groups in total. The quantitative estimate of drug-likeness (QED) is 0.625. The Morgan fingerprint density at radius 3 is 2.68 bits per heavy atom. The van der Waals surface area contributed by atoms with E-state index in [1.807, 2.05) is 0 Å². The molecular weight excluding hydrogens is 390 g/mol. The molecule has 9 heteroatoms. The molecule has 1 aromatic rings. The van der Waals surface area contributed by atoms with E-state index in [2.05, 4.69) is 27.2 Å². The summed E-state index contributed by atoms with van der Waals surface area (Å²) in [5, 5.41) is 2.62. The second-order valence-corrected chi connectivity index (χ2v) is 9.50. The van der Waals surface area contributed by atoms with Gasteiger partial charge in [0.05, 0.1) is 36.5 Å². The van der Waals surface area contributed by atoms with Crippen LogP contribution in [0.3, 0.4) is 0 Å². The van der Waals surface area contributed by atoms with E-state index in [0.717, 1.165) is 8.69 Å². The van der Waals surface area contributed by atoms with Gasteiger partial charge in [0, 0.05) is 0 Å². The fraction of sp³-hybridized carbons (Fsp3) is 0.462. The number of carbonyl (C=O) groups excluding carboxylic acids is 1. The van der Waals surface area contributed by atoms with Crippen molar-refractivity contribution in [1.29, 1.82) is 0 Å². The Morgan fingerprint density at radius 2 is 2.14 bits per heavy atom. The maximum atomic E-state index is 12.5. The zero-order valence-electron chi connectivity index (χ0n) is 11.8. The minimum atomic E-state index is -3.43. The molecule has 120 valence electrons. The molecule has 0 spiro atoms. The smallest absolute Gasteiger partial charge is 0.275 e. The Balaban J connectivity index is 1.89. The van der Waals surface area contributed by atoms with Gasteiger partial charge in [-0.1, -0.05) is 5.92 Å². The Hall–Kier alpha value is -0.920. The predicted molar refractivity (Wildman–Crippen MR) is 88.2 cm³/mol. The van der Waals surface area contributed by atoms with Crippen molar-refractivity contribution in [2.75, 3.05) is 39.3 Å². The topological polar surface area (TPSA) is 70.9 Å². The maximum Gasteiger partial charge on any atom is 0.275 e. The fourth-order valence-corrected chi connectivity index (χ4v) is 5.83. The largest absolute Gasteiger partial charge is 0.340 e. The maximum absolute atomic E-state index is 12.5. The van der Waals surface area contributed by atoms with Gasteiger partial charge in [-0.25, -0.2) is 8.42 Å². The second-order valence-electron chi connectivity index (χ2n) is 4.87. The summed E-state index contributed by atoms with van der Waals surface area (Å²) >= 11 is 4.49. The van der Waals surface area contributed by atoms with Crippen LogP contribution in [0.2, 0.25) is 0 Å². The summed E-state index contributed by atoms with van der Waals surface area (Å²) in [4.78, 5) is 12.7. The molecule has 6 nitrogen and oxygen atoms in total. The zero-order valence-corrected chi connectivity index (χ0v) is 15.1. The van der Waals surface area contributed by atoms with E-state index in [4.69, 9.17) is 6.42 Å². The molecule has 0 atom stereocenters. The standard InChI is InChI=1S/C13H16BrN3O3S2/c1-2-5-15-12(18)10-16-6-8-17(9-7-16)22(19,20)13-4-3-11(14)21-13/h1,3-4H,5-10H2,(H,15,18)/p+1. The number of halogens is 1.